The molecule has 0 amide bonds. The Bertz CT molecular complexity index is 465. The van der Waals surface area contributed by atoms with E-state index in [9.17, 15) is 13.2 Å². The van der Waals surface area contributed by atoms with Gasteiger partial charge in [0.15, 0.2) is 8.52 Å². The van der Waals surface area contributed by atoms with E-state index in [1.54, 1.807) is 0 Å². The fraction of sp³-hybridized carbons (Fsp3) is 0.143. The first-order chi connectivity index (χ1) is 8.05. The van der Waals surface area contributed by atoms with E-state index in [2.05, 4.69) is 13.9 Å². The van der Waals surface area contributed by atoms with Crippen LogP contribution in [-0.2, 0) is 6.18 Å². The highest BCUT2D eigenvalue weighted by atomic mass is 31.2. The molecule has 1 N–H and O–H groups in total. The summed E-state index contributed by atoms with van der Waals surface area (Å²) in [6.45, 7) is 0. The predicted molar refractivity (Wildman–Crippen MR) is 60.8 cm³/mol. The Hall–Kier alpha value is -0.600. The zero-order valence-corrected chi connectivity index (χ0v) is 10.8. The van der Waals surface area contributed by atoms with Gasteiger partial charge < -0.3 is 4.52 Å². The van der Waals surface area contributed by atoms with Gasteiger partial charge in [-0.1, -0.05) is 6.07 Å². The molecular formula is C7H5F3N3OP3. The quantitative estimate of drug-likeness (QED) is 0.780. The summed E-state index contributed by atoms with van der Waals surface area (Å²) < 4.78 is 50.4. The van der Waals surface area contributed by atoms with Crippen molar-refractivity contribution in [3.8, 4) is 5.75 Å². The first kappa shape index (κ1) is 12.8. The lowest BCUT2D eigenvalue weighted by molar-refractivity contribution is -0.137. The summed E-state index contributed by atoms with van der Waals surface area (Å²) in [5.74, 6) is 0.148. The Balaban J connectivity index is 2.11. The Labute approximate surface area is 99.4 Å². The number of hydrogen-bond donors (Lipinski definition) is 1. The molecule has 0 aliphatic carbocycles. The van der Waals surface area contributed by atoms with Crippen molar-refractivity contribution < 1.29 is 17.7 Å². The molecule has 1 heterocycles. The molecule has 0 saturated heterocycles. The van der Waals surface area contributed by atoms with Crippen molar-refractivity contribution in [2.24, 2.45) is 9.03 Å². The fourth-order valence-corrected chi connectivity index (χ4v) is 3.90. The van der Waals surface area contributed by atoms with Gasteiger partial charge in [0.2, 0.25) is 0 Å². The molecule has 0 saturated carbocycles. The van der Waals surface area contributed by atoms with Gasteiger partial charge in [-0.15, -0.1) is 0 Å². The molecular weight excluding hydrogens is 292 g/mol. The summed E-state index contributed by atoms with van der Waals surface area (Å²) in [6.07, 6.45) is -4.37. The molecule has 1 aromatic carbocycles. The minimum atomic E-state index is -4.37. The predicted octanol–water partition coefficient (Wildman–Crippen LogP) is 5.00. The average Bonchev–Trinajstić information content (AvgIpc) is 2.29. The van der Waals surface area contributed by atoms with Crippen LogP contribution < -0.4 is 9.38 Å². The SMILES string of the molecule is FC(F)(F)c1cccc(OP2N=PN=PN2)c1. The highest BCUT2D eigenvalue weighted by Gasteiger charge is 2.30. The second kappa shape index (κ2) is 5.36. The maximum atomic E-state index is 12.4. The maximum absolute atomic E-state index is 12.4. The van der Waals surface area contributed by atoms with Gasteiger partial charge in [-0.25, -0.2) is 0 Å². The zero-order valence-electron chi connectivity index (χ0n) is 8.09. The number of rotatable bonds is 2. The van der Waals surface area contributed by atoms with Crippen LogP contribution in [0.4, 0.5) is 13.2 Å². The Morgan fingerprint density at radius 2 is 2.18 bits per heavy atom. The number of nitrogens with one attached hydrogen (secondary N) is 1. The summed E-state index contributed by atoms with van der Waals surface area (Å²) in [5, 5.41) is 0. The lowest BCUT2D eigenvalue weighted by Crippen LogP contribution is -2.05. The first-order valence-electron chi connectivity index (χ1n) is 4.27. The smallest absolute Gasteiger partial charge is 0.416 e. The third-order valence-electron chi connectivity index (χ3n) is 1.69. The van der Waals surface area contributed by atoms with Crippen molar-refractivity contribution in [1.82, 2.24) is 4.86 Å². The van der Waals surface area contributed by atoms with Crippen LogP contribution in [0.1, 0.15) is 5.56 Å². The minimum Gasteiger partial charge on any atom is -0.439 e. The van der Waals surface area contributed by atoms with Crippen molar-refractivity contribution in [2.75, 3.05) is 0 Å². The molecule has 4 nitrogen and oxygen atoms in total. The van der Waals surface area contributed by atoms with Gasteiger partial charge in [0.1, 0.15) is 14.3 Å². The van der Waals surface area contributed by atoms with Gasteiger partial charge in [-0.3, -0.25) is 0 Å². The highest BCUT2D eigenvalue weighted by Crippen LogP contribution is 2.45. The van der Waals surface area contributed by atoms with Gasteiger partial charge in [0.05, 0.1) is 5.56 Å². The maximum Gasteiger partial charge on any atom is 0.416 e. The molecule has 1 unspecified atom stereocenters. The largest absolute Gasteiger partial charge is 0.439 e. The van der Waals surface area contributed by atoms with E-state index in [0.717, 1.165) is 12.1 Å². The standard InChI is InChI=1S/C7H5F3N3OP3/c8-7(9,10)5-2-1-3-6(4-5)14-17-12-15-11-16-13-17/h1-4H,(H,11,12,13). The van der Waals surface area contributed by atoms with Gasteiger partial charge in [0, 0.05) is 0 Å². The van der Waals surface area contributed by atoms with Crippen LogP contribution in [0.2, 0.25) is 0 Å². The molecule has 0 fully saturated rings. The Morgan fingerprint density at radius 3 is 2.82 bits per heavy atom. The molecule has 0 aromatic heterocycles. The Morgan fingerprint density at radius 1 is 1.35 bits per heavy atom. The summed E-state index contributed by atoms with van der Waals surface area (Å²) in [5.41, 5.74) is -0.734. The molecule has 17 heavy (non-hydrogen) atoms. The Kier molecular flexibility index (Phi) is 4.05. The lowest BCUT2D eigenvalue weighted by Gasteiger charge is -2.13. The summed E-state index contributed by atoms with van der Waals surface area (Å²) in [4.78, 5) is 2.82. The van der Waals surface area contributed by atoms with E-state index in [-0.39, 0.29) is 5.75 Å². The fourth-order valence-electron chi connectivity index (χ4n) is 1.02. The van der Waals surface area contributed by atoms with E-state index in [1.165, 1.54) is 12.1 Å². The van der Waals surface area contributed by atoms with Crippen LogP contribution in [0, 0.1) is 0 Å². The van der Waals surface area contributed by atoms with Crippen LogP contribution in [0.5, 0.6) is 5.75 Å². The minimum absolute atomic E-state index is 0.148. The van der Waals surface area contributed by atoms with Crippen molar-refractivity contribution in [2.45, 2.75) is 6.18 Å². The lowest BCUT2D eigenvalue weighted by atomic mass is 10.2. The van der Waals surface area contributed by atoms with E-state index >= 15 is 0 Å². The molecule has 0 radical (unpaired) electrons. The first-order valence-corrected chi connectivity index (χ1v) is 7.13. The van der Waals surface area contributed by atoms with Gasteiger partial charge >= 0.3 is 14.6 Å². The molecule has 90 valence electrons. The average molecular weight is 297 g/mol. The van der Waals surface area contributed by atoms with E-state index in [0.29, 0.717) is 17.0 Å². The molecule has 2 rings (SSSR count). The van der Waals surface area contributed by atoms with E-state index in [1.807, 2.05) is 0 Å². The zero-order chi connectivity index (χ0) is 12.3. The van der Waals surface area contributed by atoms with Crippen LogP contribution in [-0.4, -0.2) is 0 Å². The van der Waals surface area contributed by atoms with E-state index in [4.69, 9.17) is 4.52 Å². The monoisotopic (exact) mass is 297 g/mol. The molecule has 0 spiro atoms. The molecule has 1 atom stereocenters. The molecule has 1 aliphatic heterocycles. The third kappa shape index (κ3) is 3.68. The van der Waals surface area contributed by atoms with Crippen LogP contribution in [0.15, 0.2) is 33.3 Å². The second-order valence-electron chi connectivity index (χ2n) is 2.86. The third-order valence-corrected chi connectivity index (χ3v) is 4.76. The molecule has 10 heteroatoms. The van der Waals surface area contributed by atoms with Crippen LogP contribution >= 0.6 is 25.5 Å². The van der Waals surface area contributed by atoms with Crippen molar-refractivity contribution in [3.63, 3.8) is 0 Å². The molecule has 1 aromatic rings. The van der Waals surface area contributed by atoms with Crippen LogP contribution in [0.25, 0.3) is 0 Å². The normalized spacial score (nSPS) is 21.2. The van der Waals surface area contributed by atoms with Gasteiger partial charge in [-0.05, 0) is 18.2 Å². The number of halogens is 3. The molecule has 0 bridgehead atoms. The van der Waals surface area contributed by atoms with E-state index < -0.39 is 20.2 Å². The van der Waals surface area contributed by atoms with Gasteiger partial charge in [-0.2, -0.15) is 27.1 Å². The number of alkyl halides is 3. The summed E-state index contributed by atoms with van der Waals surface area (Å²) in [6, 6.07) is 4.72. The number of nitrogens with zero attached hydrogens (tertiary/aromatic N) is 2. The molecule has 1 aliphatic rings. The summed E-state index contributed by atoms with van der Waals surface area (Å²) >= 11 is 0. The van der Waals surface area contributed by atoms with Crippen molar-refractivity contribution in [1.29, 1.82) is 0 Å². The topological polar surface area (TPSA) is 46.0 Å². The van der Waals surface area contributed by atoms with Crippen molar-refractivity contribution >= 4 is 25.5 Å². The number of benzene rings is 1. The highest BCUT2D eigenvalue weighted by molar-refractivity contribution is 7.64. The van der Waals surface area contributed by atoms with Gasteiger partial charge in [0.25, 0.3) is 0 Å². The van der Waals surface area contributed by atoms with Crippen molar-refractivity contribution in [3.05, 3.63) is 29.8 Å². The number of hydrogen-bond acceptors (Lipinski definition) is 4. The second-order valence-corrected chi connectivity index (χ2v) is 6.20. The summed E-state index contributed by atoms with van der Waals surface area (Å²) in [7, 11) is -0.148. The van der Waals surface area contributed by atoms with Crippen LogP contribution in [0.3, 0.4) is 0 Å².